The van der Waals surface area contributed by atoms with E-state index in [-0.39, 0.29) is 0 Å². The molecule has 4 aromatic heterocycles. The number of rotatable bonds is 0. The van der Waals surface area contributed by atoms with Crippen LogP contribution in [0.1, 0.15) is 0 Å². The molecule has 0 atom stereocenters. The van der Waals surface area contributed by atoms with Crippen molar-refractivity contribution in [2.24, 2.45) is 14.1 Å². The lowest BCUT2D eigenvalue weighted by atomic mass is 10.5. The lowest BCUT2D eigenvalue weighted by molar-refractivity contribution is 0.832. The average molecular weight is 332 g/mol. The van der Waals surface area contributed by atoms with E-state index < -0.39 is 22.5 Å². The van der Waals surface area contributed by atoms with Crippen LogP contribution in [0.15, 0.2) is 31.8 Å². The second-order valence-electron chi connectivity index (χ2n) is 4.84. The minimum absolute atomic E-state index is 0.317. The highest BCUT2D eigenvalue weighted by Crippen LogP contribution is 1.97. The second kappa shape index (κ2) is 5.49. The first-order valence-electron chi connectivity index (χ1n) is 6.65. The topological polar surface area (TPSA) is 167 Å². The van der Waals surface area contributed by atoms with E-state index >= 15 is 0 Å². The third-order valence-electron chi connectivity index (χ3n) is 3.38. The number of imidazole rings is 2. The molecule has 12 nitrogen and oxygen atoms in total. The summed E-state index contributed by atoms with van der Waals surface area (Å²) in [6.07, 6.45) is 2.75. The highest BCUT2D eigenvalue weighted by molar-refractivity contribution is 5.68. The molecule has 12 heteroatoms. The van der Waals surface area contributed by atoms with E-state index in [0.717, 1.165) is 0 Å². The van der Waals surface area contributed by atoms with Gasteiger partial charge in [0.2, 0.25) is 0 Å². The summed E-state index contributed by atoms with van der Waals surface area (Å²) in [5, 5.41) is 0. The van der Waals surface area contributed by atoms with Crippen LogP contribution < -0.4 is 22.5 Å². The Labute approximate surface area is 130 Å². The van der Waals surface area contributed by atoms with Crippen molar-refractivity contribution in [1.82, 2.24) is 39.0 Å². The monoisotopic (exact) mass is 332 g/mol. The molecule has 24 heavy (non-hydrogen) atoms. The summed E-state index contributed by atoms with van der Waals surface area (Å²) in [4.78, 5) is 61.4. The minimum Gasteiger partial charge on any atom is -0.339 e. The summed E-state index contributed by atoms with van der Waals surface area (Å²) in [6.45, 7) is 0. The first kappa shape index (κ1) is 15.2. The van der Waals surface area contributed by atoms with Gasteiger partial charge in [-0.25, -0.2) is 19.6 Å². The molecule has 0 bridgehead atoms. The standard InChI is InChI=1S/2C6H6N4O2/c2*1-10-4-3(7-2-8-4)5(11)9-6(10)12/h2*2H,1H3,(H,7,8)(H,9,11,12). The number of hydrogen-bond donors (Lipinski definition) is 4. The fraction of sp³-hybridized carbons (Fsp3) is 0.167. The van der Waals surface area contributed by atoms with Crippen LogP contribution in [0.2, 0.25) is 0 Å². The molecule has 124 valence electrons. The Bertz CT molecular complexity index is 1160. The zero-order valence-corrected chi connectivity index (χ0v) is 12.6. The highest BCUT2D eigenvalue weighted by Gasteiger charge is 2.05. The van der Waals surface area contributed by atoms with E-state index in [1.54, 1.807) is 14.1 Å². The van der Waals surface area contributed by atoms with E-state index in [1.807, 2.05) is 0 Å². The molecule has 0 aliphatic heterocycles. The van der Waals surface area contributed by atoms with Gasteiger partial charge in [0, 0.05) is 14.1 Å². The number of hydrogen-bond acceptors (Lipinski definition) is 6. The highest BCUT2D eigenvalue weighted by atomic mass is 16.2. The van der Waals surface area contributed by atoms with Gasteiger partial charge in [-0.2, -0.15) is 0 Å². The maximum Gasteiger partial charge on any atom is 0.329 e. The molecule has 4 heterocycles. The van der Waals surface area contributed by atoms with Crippen LogP contribution in [0.3, 0.4) is 0 Å². The zero-order chi connectivity index (χ0) is 17.4. The van der Waals surface area contributed by atoms with Gasteiger partial charge >= 0.3 is 11.4 Å². The number of H-pyrrole nitrogens is 4. The van der Waals surface area contributed by atoms with Crippen LogP contribution in [0, 0.1) is 0 Å². The van der Waals surface area contributed by atoms with Gasteiger partial charge in [-0.3, -0.25) is 28.7 Å². The van der Waals surface area contributed by atoms with Gasteiger partial charge in [-0.15, -0.1) is 0 Å². The Morgan fingerprint density at radius 2 is 1.12 bits per heavy atom. The number of aromatic nitrogens is 8. The summed E-state index contributed by atoms with van der Waals surface area (Å²) in [5.41, 5.74) is -0.433. The Morgan fingerprint density at radius 3 is 1.50 bits per heavy atom. The fourth-order valence-electron chi connectivity index (χ4n) is 2.10. The van der Waals surface area contributed by atoms with Crippen molar-refractivity contribution >= 4 is 22.3 Å². The predicted molar refractivity (Wildman–Crippen MR) is 83.9 cm³/mol. The largest absolute Gasteiger partial charge is 0.339 e. The van der Waals surface area contributed by atoms with Gasteiger partial charge in [-0.05, 0) is 0 Å². The molecule has 0 unspecified atom stereocenters. The van der Waals surface area contributed by atoms with Crippen LogP contribution in [0.25, 0.3) is 22.3 Å². The van der Waals surface area contributed by atoms with Crippen molar-refractivity contribution in [3.63, 3.8) is 0 Å². The molecule has 4 aromatic rings. The van der Waals surface area contributed by atoms with Gasteiger partial charge in [0.05, 0.1) is 12.7 Å². The summed E-state index contributed by atoms with van der Waals surface area (Å²) in [7, 11) is 3.09. The molecule has 0 aromatic carbocycles. The van der Waals surface area contributed by atoms with Crippen LogP contribution in [0.4, 0.5) is 0 Å². The van der Waals surface area contributed by atoms with Crippen molar-refractivity contribution in [3.05, 3.63) is 54.3 Å². The lowest BCUT2D eigenvalue weighted by Gasteiger charge is -1.94. The van der Waals surface area contributed by atoms with Gasteiger partial charge in [0.25, 0.3) is 11.1 Å². The van der Waals surface area contributed by atoms with E-state index in [0.29, 0.717) is 22.3 Å². The normalized spacial score (nSPS) is 10.8. The third kappa shape index (κ3) is 2.35. The first-order valence-corrected chi connectivity index (χ1v) is 6.65. The molecule has 4 N–H and O–H groups in total. The summed E-state index contributed by atoms with van der Waals surface area (Å²) < 4.78 is 2.54. The molecule has 0 aliphatic rings. The van der Waals surface area contributed by atoms with E-state index in [2.05, 4.69) is 29.9 Å². The quantitative estimate of drug-likeness (QED) is 0.288. The SMILES string of the molecule is Cn1c(=O)[nH]c(=O)c2[nH]cnc21.Cn1c(=O)[nH]c(=O)c2[nH]cnc21. The molecular formula is C12H12N8O4. The minimum atomic E-state index is -0.459. The summed E-state index contributed by atoms with van der Waals surface area (Å²) in [5.74, 6) is 0. The summed E-state index contributed by atoms with van der Waals surface area (Å²) >= 11 is 0. The van der Waals surface area contributed by atoms with Gasteiger partial charge in [-0.1, -0.05) is 0 Å². The van der Waals surface area contributed by atoms with E-state index in [9.17, 15) is 19.2 Å². The van der Waals surface area contributed by atoms with Crippen LogP contribution >= 0.6 is 0 Å². The predicted octanol–water partition coefficient (Wildman–Crippen LogP) is -2.10. The number of nitrogens with one attached hydrogen (secondary N) is 4. The maximum absolute atomic E-state index is 11.1. The smallest absolute Gasteiger partial charge is 0.329 e. The maximum atomic E-state index is 11.1. The molecule has 0 saturated carbocycles. The fourth-order valence-corrected chi connectivity index (χ4v) is 2.10. The average Bonchev–Trinajstić information content (AvgIpc) is 3.20. The Hall–Kier alpha value is -3.70. The molecule has 0 fully saturated rings. The van der Waals surface area contributed by atoms with Crippen molar-refractivity contribution in [2.45, 2.75) is 0 Å². The lowest BCUT2D eigenvalue weighted by Crippen LogP contribution is -2.28. The first-order chi connectivity index (χ1) is 11.4. The van der Waals surface area contributed by atoms with Crippen molar-refractivity contribution in [1.29, 1.82) is 0 Å². The molecule has 0 radical (unpaired) electrons. The Kier molecular flexibility index (Phi) is 3.48. The third-order valence-corrected chi connectivity index (χ3v) is 3.38. The number of nitrogens with zero attached hydrogens (tertiary/aromatic N) is 4. The Balaban J connectivity index is 0.000000141. The van der Waals surface area contributed by atoms with Gasteiger partial charge in [0.1, 0.15) is 11.0 Å². The van der Waals surface area contributed by atoms with Crippen molar-refractivity contribution in [3.8, 4) is 0 Å². The molecule has 4 rings (SSSR count). The van der Waals surface area contributed by atoms with Crippen LogP contribution in [0.5, 0.6) is 0 Å². The van der Waals surface area contributed by atoms with Crippen molar-refractivity contribution in [2.75, 3.05) is 0 Å². The molecule has 0 aliphatic carbocycles. The second-order valence-corrected chi connectivity index (χ2v) is 4.84. The van der Waals surface area contributed by atoms with Crippen molar-refractivity contribution < 1.29 is 0 Å². The summed E-state index contributed by atoms with van der Waals surface area (Å²) in [6, 6.07) is 0. The number of aromatic amines is 4. The Morgan fingerprint density at radius 1 is 0.750 bits per heavy atom. The molecule has 0 spiro atoms. The van der Waals surface area contributed by atoms with Gasteiger partial charge < -0.3 is 9.97 Å². The number of aryl methyl sites for hydroxylation is 2. The zero-order valence-electron chi connectivity index (χ0n) is 12.6. The van der Waals surface area contributed by atoms with Crippen LogP contribution in [-0.2, 0) is 14.1 Å². The van der Waals surface area contributed by atoms with Gasteiger partial charge in [0.15, 0.2) is 11.3 Å². The molecule has 0 saturated heterocycles. The van der Waals surface area contributed by atoms with Crippen LogP contribution in [-0.4, -0.2) is 39.0 Å². The van der Waals surface area contributed by atoms with E-state index in [1.165, 1.54) is 21.8 Å². The number of fused-ring (bicyclic) bond motifs is 2. The molecular weight excluding hydrogens is 320 g/mol. The molecule has 0 amide bonds. The van der Waals surface area contributed by atoms with E-state index in [4.69, 9.17) is 0 Å².